The molecule has 5 nitrogen and oxygen atoms in total. The second kappa shape index (κ2) is 7.34. The summed E-state index contributed by atoms with van der Waals surface area (Å²) in [5, 5.41) is 20.0. The van der Waals surface area contributed by atoms with Gasteiger partial charge in [-0.05, 0) is 19.9 Å². The van der Waals surface area contributed by atoms with Gasteiger partial charge < -0.3 is 20.3 Å². The first-order valence-electron chi connectivity index (χ1n) is 4.44. The Morgan fingerprint density at radius 3 is 2.71 bits per heavy atom. The van der Waals surface area contributed by atoms with Gasteiger partial charge in [0.2, 0.25) is 0 Å². The van der Waals surface area contributed by atoms with Crippen LogP contribution in [0.25, 0.3) is 0 Å². The van der Waals surface area contributed by atoms with E-state index in [1.165, 1.54) is 0 Å². The van der Waals surface area contributed by atoms with Gasteiger partial charge in [-0.15, -0.1) is 0 Å². The third kappa shape index (κ3) is 7.57. The van der Waals surface area contributed by atoms with Crippen molar-refractivity contribution in [3.05, 3.63) is 12.3 Å². The molecule has 0 aromatic carbocycles. The number of aliphatic hydroxyl groups excluding tert-OH is 1. The second-order valence-electron chi connectivity index (χ2n) is 2.99. The highest BCUT2D eigenvalue weighted by molar-refractivity contribution is 5.72. The zero-order valence-corrected chi connectivity index (χ0v) is 8.32. The molecular formula is C9H17NO4. The van der Waals surface area contributed by atoms with E-state index < -0.39 is 12.0 Å². The molecule has 0 aliphatic heterocycles. The second-order valence-corrected chi connectivity index (χ2v) is 2.99. The summed E-state index contributed by atoms with van der Waals surface area (Å²) in [5.74, 6) is -0.869. The van der Waals surface area contributed by atoms with Gasteiger partial charge in [-0.1, -0.05) is 6.58 Å². The van der Waals surface area contributed by atoms with Crippen molar-refractivity contribution in [2.75, 3.05) is 19.8 Å². The molecule has 0 saturated carbocycles. The van der Waals surface area contributed by atoms with Crippen LogP contribution in [0.15, 0.2) is 12.3 Å². The maximum atomic E-state index is 10.4. The van der Waals surface area contributed by atoms with Gasteiger partial charge in [-0.25, -0.2) is 0 Å². The molecule has 1 atom stereocenters. The zero-order valence-electron chi connectivity index (χ0n) is 8.32. The number of carboxylic acid groups (broad SMARTS) is 1. The lowest BCUT2D eigenvalue weighted by molar-refractivity contribution is -0.139. The molecular weight excluding hydrogens is 186 g/mol. The maximum Gasteiger partial charge on any atom is 0.320 e. The summed E-state index contributed by atoms with van der Waals surface area (Å²) < 4.78 is 5.00. The van der Waals surface area contributed by atoms with Gasteiger partial charge in [0.15, 0.2) is 0 Å². The summed E-state index contributed by atoms with van der Waals surface area (Å²) in [5.41, 5.74) is 0. The predicted molar refractivity (Wildman–Crippen MR) is 52.3 cm³/mol. The molecule has 0 saturated heterocycles. The average molecular weight is 203 g/mol. The van der Waals surface area contributed by atoms with Gasteiger partial charge in [0.1, 0.15) is 18.4 Å². The molecule has 0 radical (unpaired) electrons. The first kappa shape index (κ1) is 12.9. The molecule has 0 fully saturated rings. The fourth-order valence-corrected chi connectivity index (χ4v) is 0.770. The first-order valence-corrected chi connectivity index (χ1v) is 4.44. The standard InChI is InChI=1S/C9H17NO4/c1-7(11)6-14-5-3-4-10-8(2)9(12)13/h8,10-11H,1,3-6H2,2H3,(H,12,13). The number of rotatable bonds is 8. The Morgan fingerprint density at radius 2 is 2.21 bits per heavy atom. The number of nitrogens with one attached hydrogen (secondary N) is 1. The summed E-state index contributed by atoms with van der Waals surface area (Å²) in [7, 11) is 0. The molecule has 0 spiro atoms. The van der Waals surface area contributed by atoms with E-state index in [0.29, 0.717) is 19.6 Å². The number of ether oxygens (including phenoxy) is 1. The van der Waals surface area contributed by atoms with E-state index in [2.05, 4.69) is 11.9 Å². The Kier molecular flexibility index (Phi) is 6.78. The van der Waals surface area contributed by atoms with Crippen molar-refractivity contribution in [2.24, 2.45) is 0 Å². The van der Waals surface area contributed by atoms with E-state index in [-0.39, 0.29) is 12.4 Å². The van der Waals surface area contributed by atoms with Crippen molar-refractivity contribution >= 4 is 5.97 Å². The lowest BCUT2D eigenvalue weighted by Crippen LogP contribution is -2.34. The summed E-state index contributed by atoms with van der Waals surface area (Å²) in [6.45, 7) is 6.02. The highest BCUT2D eigenvalue weighted by atomic mass is 16.5. The van der Waals surface area contributed by atoms with Crippen LogP contribution in [0.4, 0.5) is 0 Å². The summed E-state index contributed by atoms with van der Waals surface area (Å²) in [4.78, 5) is 10.4. The third-order valence-corrected chi connectivity index (χ3v) is 1.56. The Labute approximate surface area is 83.4 Å². The van der Waals surface area contributed by atoms with Crippen molar-refractivity contribution in [2.45, 2.75) is 19.4 Å². The van der Waals surface area contributed by atoms with Gasteiger partial charge in [-0.2, -0.15) is 0 Å². The van der Waals surface area contributed by atoms with Gasteiger partial charge in [0.25, 0.3) is 0 Å². The highest BCUT2D eigenvalue weighted by Gasteiger charge is 2.07. The molecule has 0 bridgehead atoms. The van der Waals surface area contributed by atoms with Crippen molar-refractivity contribution in [1.82, 2.24) is 5.32 Å². The van der Waals surface area contributed by atoms with Crippen LogP contribution in [0.3, 0.4) is 0 Å². The number of aliphatic carboxylic acids is 1. The Balaban J connectivity index is 3.21. The van der Waals surface area contributed by atoms with Crippen molar-refractivity contribution in [3.8, 4) is 0 Å². The normalized spacial score (nSPS) is 12.4. The fourth-order valence-electron chi connectivity index (χ4n) is 0.770. The van der Waals surface area contributed by atoms with Crippen LogP contribution in [0.5, 0.6) is 0 Å². The third-order valence-electron chi connectivity index (χ3n) is 1.56. The average Bonchev–Trinajstić information content (AvgIpc) is 2.09. The molecule has 0 rings (SSSR count). The molecule has 0 aliphatic carbocycles. The van der Waals surface area contributed by atoms with Gasteiger partial charge >= 0.3 is 5.97 Å². The van der Waals surface area contributed by atoms with E-state index in [4.69, 9.17) is 14.9 Å². The molecule has 0 aromatic rings. The first-order chi connectivity index (χ1) is 6.54. The van der Waals surface area contributed by atoms with E-state index in [0.717, 1.165) is 0 Å². The Bertz CT molecular complexity index is 193. The quantitative estimate of drug-likeness (QED) is 0.396. The number of carboxylic acids is 1. The van der Waals surface area contributed by atoms with Gasteiger partial charge in [-0.3, -0.25) is 4.79 Å². The summed E-state index contributed by atoms with van der Waals surface area (Å²) in [6.07, 6.45) is 0.699. The molecule has 0 aromatic heterocycles. The topological polar surface area (TPSA) is 78.8 Å². The van der Waals surface area contributed by atoms with Crippen LogP contribution in [0.2, 0.25) is 0 Å². The van der Waals surface area contributed by atoms with Crippen LogP contribution in [-0.2, 0) is 9.53 Å². The number of hydrogen-bond donors (Lipinski definition) is 3. The van der Waals surface area contributed by atoms with Gasteiger partial charge in [0, 0.05) is 6.61 Å². The van der Waals surface area contributed by atoms with Crippen molar-refractivity contribution in [1.29, 1.82) is 0 Å². The molecule has 0 amide bonds. The maximum absolute atomic E-state index is 10.4. The molecule has 0 aliphatic rings. The predicted octanol–water partition coefficient (Wildman–Crippen LogP) is 0.527. The van der Waals surface area contributed by atoms with Crippen molar-refractivity contribution in [3.63, 3.8) is 0 Å². The lowest BCUT2D eigenvalue weighted by atomic mass is 10.3. The van der Waals surface area contributed by atoms with E-state index in [9.17, 15) is 4.79 Å². The Morgan fingerprint density at radius 1 is 1.57 bits per heavy atom. The monoisotopic (exact) mass is 203 g/mol. The molecule has 14 heavy (non-hydrogen) atoms. The minimum absolute atomic E-state index is 0.00290. The largest absolute Gasteiger partial charge is 0.510 e. The minimum atomic E-state index is -0.866. The van der Waals surface area contributed by atoms with Crippen LogP contribution < -0.4 is 5.32 Å². The zero-order chi connectivity index (χ0) is 11.0. The molecule has 3 N–H and O–H groups in total. The van der Waals surface area contributed by atoms with Crippen LogP contribution >= 0.6 is 0 Å². The number of carbonyl (C=O) groups is 1. The fraction of sp³-hybridized carbons (Fsp3) is 0.667. The summed E-state index contributed by atoms with van der Waals surface area (Å²) >= 11 is 0. The van der Waals surface area contributed by atoms with Crippen LogP contribution in [0, 0.1) is 0 Å². The molecule has 5 heteroatoms. The number of aliphatic hydroxyl groups is 1. The molecule has 0 heterocycles. The van der Waals surface area contributed by atoms with Crippen LogP contribution in [-0.4, -0.2) is 42.0 Å². The van der Waals surface area contributed by atoms with E-state index in [1.807, 2.05) is 0 Å². The SMILES string of the molecule is C=C(O)COCCCNC(C)C(=O)O. The smallest absolute Gasteiger partial charge is 0.320 e. The molecule has 1 unspecified atom stereocenters. The summed E-state index contributed by atoms with van der Waals surface area (Å²) in [6, 6.07) is -0.539. The van der Waals surface area contributed by atoms with Crippen molar-refractivity contribution < 1.29 is 19.7 Å². The van der Waals surface area contributed by atoms with Gasteiger partial charge in [0.05, 0.1) is 0 Å². The van der Waals surface area contributed by atoms with E-state index in [1.54, 1.807) is 6.92 Å². The highest BCUT2D eigenvalue weighted by Crippen LogP contribution is 1.88. The Hall–Kier alpha value is -1.07. The number of hydrogen-bond acceptors (Lipinski definition) is 4. The lowest BCUT2D eigenvalue weighted by Gasteiger charge is -2.08. The molecule has 82 valence electrons. The minimum Gasteiger partial charge on any atom is -0.510 e. The van der Waals surface area contributed by atoms with E-state index >= 15 is 0 Å². The van der Waals surface area contributed by atoms with Crippen LogP contribution in [0.1, 0.15) is 13.3 Å².